The Hall–Kier alpha value is -2.87. The molecule has 2 aromatic carbocycles. The van der Waals surface area contributed by atoms with E-state index in [1.165, 1.54) is 6.07 Å². The number of nitrogens with zero attached hydrogens (tertiary/aromatic N) is 2. The van der Waals surface area contributed by atoms with Crippen molar-refractivity contribution in [3.8, 4) is 0 Å². The Morgan fingerprint density at radius 3 is 2.38 bits per heavy atom. The highest BCUT2D eigenvalue weighted by molar-refractivity contribution is 7.80. The van der Waals surface area contributed by atoms with Crippen molar-refractivity contribution in [2.45, 2.75) is 33.5 Å². The molecule has 0 unspecified atom stereocenters. The fourth-order valence-electron chi connectivity index (χ4n) is 2.96. The van der Waals surface area contributed by atoms with Crippen LogP contribution in [-0.4, -0.2) is 14.9 Å². The molecule has 3 aromatic rings. The maximum absolute atomic E-state index is 12.9. The third-order valence-electron chi connectivity index (χ3n) is 4.52. The molecule has 3 rings (SSSR count). The van der Waals surface area contributed by atoms with Gasteiger partial charge in [0.25, 0.3) is 0 Å². The molecule has 0 radical (unpaired) electrons. The number of rotatable bonds is 4. The van der Waals surface area contributed by atoms with Gasteiger partial charge in [0.2, 0.25) is 0 Å². The summed E-state index contributed by atoms with van der Waals surface area (Å²) >= 11 is 5.38. The van der Waals surface area contributed by atoms with Gasteiger partial charge in [-0.1, -0.05) is 29.8 Å². The highest BCUT2D eigenvalue weighted by Gasteiger charge is 2.30. The molecule has 0 bridgehead atoms. The molecule has 1 heterocycles. The number of hydrogen-bond acceptors (Lipinski definition) is 2. The van der Waals surface area contributed by atoms with Crippen LogP contribution in [0.5, 0.6) is 0 Å². The molecular formula is C21H21F3N4S. The molecule has 0 fully saturated rings. The summed E-state index contributed by atoms with van der Waals surface area (Å²) in [7, 11) is 0. The Labute approximate surface area is 172 Å². The van der Waals surface area contributed by atoms with Crippen molar-refractivity contribution in [1.29, 1.82) is 0 Å². The van der Waals surface area contributed by atoms with Crippen molar-refractivity contribution in [3.63, 3.8) is 0 Å². The largest absolute Gasteiger partial charge is 0.416 e. The lowest BCUT2D eigenvalue weighted by atomic mass is 10.1. The van der Waals surface area contributed by atoms with Crippen molar-refractivity contribution in [2.24, 2.45) is 0 Å². The molecule has 29 heavy (non-hydrogen) atoms. The topological polar surface area (TPSA) is 41.9 Å². The quantitative estimate of drug-likeness (QED) is 0.535. The molecule has 0 saturated heterocycles. The highest BCUT2D eigenvalue weighted by Crippen LogP contribution is 2.30. The van der Waals surface area contributed by atoms with Crippen molar-refractivity contribution in [1.82, 2.24) is 9.78 Å². The molecule has 0 spiro atoms. The zero-order chi connectivity index (χ0) is 21.2. The lowest BCUT2D eigenvalue weighted by molar-refractivity contribution is -0.137. The molecule has 152 valence electrons. The Kier molecular flexibility index (Phi) is 5.93. The Morgan fingerprint density at radius 2 is 1.72 bits per heavy atom. The molecule has 0 saturated carbocycles. The van der Waals surface area contributed by atoms with E-state index in [2.05, 4.69) is 15.7 Å². The van der Waals surface area contributed by atoms with E-state index in [1.54, 1.807) is 10.7 Å². The van der Waals surface area contributed by atoms with Gasteiger partial charge in [0.1, 0.15) is 0 Å². The third-order valence-corrected chi connectivity index (χ3v) is 4.72. The van der Waals surface area contributed by atoms with Crippen molar-refractivity contribution >= 4 is 28.7 Å². The Morgan fingerprint density at radius 1 is 1.03 bits per heavy atom. The fraction of sp³-hybridized carbons (Fsp3) is 0.238. The van der Waals surface area contributed by atoms with Gasteiger partial charge in [-0.05, 0) is 62.8 Å². The molecule has 0 amide bonds. The van der Waals surface area contributed by atoms with Crippen LogP contribution >= 0.6 is 12.2 Å². The van der Waals surface area contributed by atoms with E-state index >= 15 is 0 Å². The number of hydrogen-bond donors (Lipinski definition) is 2. The van der Waals surface area contributed by atoms with Gasteiger partial charge in [0.15, 0.2) is 5.11 Å². The van der Waals surface area contributed by atoms with Gasteiger partial charge in [-0.3, -0.25) is 4.68 Å². The summed E-state index contributed by atoms with van der Waals surface area (Å²) in [5.41, 5.74) is 4.10. The van der Waals surface area contributed by atoms with Crippen LogP contribution < -0.4 is 10.6 Å². The number of aromatic nitrogens is 2. The average molecular weight is 418 g/mol. The summed E-state index contributed by atoms with van der Waals surface area (Å²) in [6, 6.07) is 13.1. The van der Waals surface area contributed by atoms with Crippen molar-refractivity contribution in [3.05, 3.63) is 76.6 Å². The summed E-state index contributed by atoms with van der Waals surface area (Å²) in [4.78, 5) is 0. The van der Waals surface area contributed by atoms with Crippen LogP contribution in [0, 0.1) is 20.8 Å². The molecule has 4 nitrogen and oxygen atoms in total. The van der Waals surface area contributed by atoms with Crippen LogP contribution in [0.15, 0.2) is 48.5 Å². The lowest BCUT2D eigenvalue weighted by Gasteiger charge is -2.12. The monoisotopic (exact) mass is 418 g/mol. The van der Waals surface area contributed by atoms with E-state index in [0.29, 0.717) is 16.4 Å². The number of aryl methyl sites for hydroxylation is 2. The highest BCUT2D eigenvalue weighted by atomic mass is 32.1. The van der Waals surface area contributed by atoms with Gasteiger partial charge in [0.05, 0.1) is 29.2 Å². The van der Waals surface area contributed by atoms with E-state index in [9.17, 15) is 13.2 Å². The predicted octanol–water partition coefficient (Wildman–Crippen LogP) is 5.68. The van der Waals surface area contributed by atoms with Crippen LogP contribution in [0.4, 0.5) is 24.5 Å². The summed E-state index contributed by atoms with van der Waals surface area (Å²) in [5, 5.41) is 11.1. The zero-order valence-corrected chi connectivity index (χ0v) is 17.1. The number of nitrogens with one attached hydrogen (secondary N) is 2. The van der Waals surface area contributed by atoms with Crippen molar-refractivity contribution in [2.75, 3.05) is 10.6 Å². The fourth-order valence-corrected chi connectivity index (χ4v) is 3.18. The first-order chi connectivity index (χ1) is 13.6. The van der Waals surface area contributed by atoms with Crippen LogP contribution in [0.3, 0.4) is 0 Å². The summed E-state index contributed by atoms with van der Waals surface area (Å²) < 4.78 is 40.5. The van der Waals surface area contributed by atoms with Crippen LogP contribution in [0.2, 0.25) is 0 Å². The van der Waals surface area contributed by atoms with Gasteiger partial charge in [-0.15, -0.1) is 0 Å². The second kappa shape index (κ2) is 8.24. The van der Waals surface area contributed by atoms with Crippen molar-refractivity contribution < 1.29 is 13.2 Å². The van der Waals surface area contributed by atoms with Gasteiger partial charge in [0, 0.05) is 5.69 Å². The minimum Gasteiger partial charge on any atom is -0.332 e. The number of benzene rings is 2. The van der Waals surface area contributed by atoms with Gasteiger partial charge < -0.3 is 10.6 Å². The minimum atomic E-state index is -4.37. The number of alkyl halides is 3. The standard InChI is InChI=1S/C21H21F3N4S/c1-13-7-9-18(10-8-13)25-20(29)26-19-14(2)27-28(15(19)3)12-16-5-4-6-17(11-16)21(22,23)24/h4-11H,12H2,1-3H3,(H2,25,26,29). The third kappa shape index (κ3) is 5.14. The minimum absolute atomic E-state index is 0.233. The number of halogens is 3. The Bertz CT molecular complexity index is 1020. The summed E-state index contributed by atoms with van der Waals surface area (Å²) in [6.45, 7) is 5.92. The molecule has 0 aliphatic rings. The predicted molar refractivity (Wildman–Crippen MR) is 113 cm³/mol. The molecule has 0 aliphatic carbocycles. The van der Waals surface area contributed by atoms with Crippen LogP contribution in [0.1, 0.15) is 28.1 Å². The maximum atomic E-state index is 12.9. The van der Waals surface area contributed by atoms with Gasteiger partial charge in [-0.25, -0.2) is 0 Å². The van der Waals surface area contributed by atoms with Gasteiger partial charge in [-0.2, -0.15) is 18.3 Å². The normalized spacial score (nSPS) is 11.4. The first-order valence-electron chi connectivity index (χ1n) is 8.98. The zero-order valence-electron chi connectivity index (χ0n) is 16.3. The molecule has 0 aliphatic heterocycles. The maximum Gasteiger partial charge on any atom is 0.416 e. The molecule has 8 heteroatoms. The van der Waals surface area contributed by atoms with Gasteiger partial charge >= 0.3 is 6.18 Å². The molecule has 1 aromatic heterocycles. The SMILES string of the molecule is Cc1ccc(NC(=S)Nc2c(C)nn(Cc3cccc(C(F)(F)F)c3)c2C)cc1. The lowest BCUT2D eigenvalue weighted by Crippen LogP contribution is -2.20. The molecule has 0 atom stereocenters. The van der Waals surface area contributed by atoms with E-state index in [1.807, 2.05) is 45.0 Å². The summed E-state index contributed by atoms with van der Waals surface area (Å²) in [6.07, 6.45) is -4.37. The molecule has 2 N–H and O–H groups in total. The van der Waals surface area contributed by atoms with Crippen LogP contribution in [-0.2, 0) is 12.7 Å². The van der Waals surface area contributed by atoms with Crippen LogP contribution in [0.25, 0.3) is 0 Å². The first-order valence-corrected chi connectivity index (χ1v) is 9.39. The van der Waals surface area contributed by atoms with E-state index < -0.39 is 11.7 Å². The smallest absolute Gasteiger partial charge is 0.332 e. The first kappa shape index (κ1) is 20.9. The number of thiocarbonyl (C=S) groups is 1. The Balaban J connectivity index is 1.75. The van der Waals surface area contributed by atoms with E-state index in [-0.39, 0.29) is 6.54 Å². The number of anilines is 2. The van der Waals surface area contributed by atoms with E-state index in [0.717, 1.165) is 34.8 Å². The summed E-state index contributed by atoms with van der Waals surface area (Å²) in [5.74, 6) is 0. The average Bonchev–Trinajstić information content (AvgIpc) is 2.90. The second-order valence-electron chi connectivity index (χ2n) is 6.85. The molecular weight excluding hydrogens is 397 g/mol. The second-order valence-corrected chi connectivity index (χ2v) is 7.26. The van der Waals surface area contributed by atoms with E-state index in [4.69, 9.17) is 12.2 Å².